The molecule has 15 heavy (non-hydrogen) atoms. The van der Waals surface area contributed by atoms with E-state index in [1.807, 2.05) is 6.07 Å². The molecule has 0 aromatic carbocycles. The van der Waals surface area contributed by atoms with Crippen LogP contribution in [0.5, 0.6) is 0 Å². The molecular formula is C10H15NO4. The summed E-state index contributed by atoms with van der Waals surface area (Å²) in [7, 11) is 0. The van der Waals surface area contributed by atoms with Gasteiger partial charge in [-0.05, 0) is 0 Å². The Bertz CT molecular complexity index is 290. The Labute approximate surface area is 89.0 Å². The van der Waals surface area contributed by atoms with Gasteiger partial charge in [0.25, 0.3) is 0 Å². The van der Waals surface area contributed by atoms with Crippen molar-refractivity contribution in [3.8, 4) is 6.07 Å². The van der Waals surface area contributed by atoms with Crippen LogP contribution in [0, 0.1) is 16.7 Å². The first-order valence-corrected chi connectivity index (χ1v) is 4.50. The molecule has 0 saturated carbocycles. The Morgan fingerprint density at radius 1 is 1.33 bits per heavy atom. The normalized spacial score (nSPS) is 12.5. The van der Waals surface area contributed by atoms with Crippen molar-refractivity contribution in [3.05, 3.63) is 0 Å². The minimum absolute atomic E-state index is 0.0356. The summed E-state index contributed by atoms with van der Waals surface area (Å²) in [4.78, 5) is 21.3. The van der Waals surface area contributed by atoms with Gasteiger partial charge in [0.15, 0.2) is 6.10 Å². The lowest BCUT2D eigenvalue weighted by atomic mass is 9.88. The predicted molar refractivity (Wildman–Crippen MR) is 51.6 cm³/mol. The molecule has 84 valence electrons. The first-order valence-electron chi connectivity index (χ1n) is 4.50. The zero-order valence-corrected chi connectivity index (χ0v) is 9.36. The number of hydrogen-bond donors (Lipinski definition) is 0. The summed E-state index contributed by atoms with van der Waals surface area (Å²) in [6.45, 7) is 5.92. The lowest BCUT2D eigenvalue weighted by molar-refractivity contribution is -0.154. The maximum absolute atomic E-state index is 10.7. The van der Waals surface area contributed by atoms with E-state index in [0.717, 1.165) is 0 Å². The standard InChI is InChI=1S/C10H15NO4/c1-7(12)14-6-10(3,4)9(5-11)15-8(2)13/h9H,6H2,1-4H3. The summed E-state index contributed by atoms with van der Waals surface area (Å²) < 4.78 is 9.59. The van der Waals surface area contributed by atoms with Crippen molar-refractivity contribution in [2.24, 2.45) is 5.41 Å². The zero-order chi connectivity index (χ0) is 12.1. The quantitative estimate of drug-likeness (QED) is 0.652. The number of rotatable bonds is 4. The van der Waals surface area contributed by atoms with Crippen molar-refractivity contribution in [1.29, 1.82) is 5.26 Å². The van der Waals surface area contributed by atoms with Crippen LogP contribution >= 0.6 is 0 Å². The van der Waals surface area contributed by atoms with Gasteiger partial charge in [-0.15, -0.1) is 0 Å². The second kappa shape index (κ2) is 5.35. The first kappa shape index (κ1) is 13.4. The van der Waals surface area contributed by atoms with E-state index in [9.17, 15) is 9.59 Å². The van der Waals surface area contributed by atoms with E-state index in [2.05, 4.69) is 0 Å². The second-order valence-electron chi connectivity index (χ2n) is 3.89. The Balaban J connectivity index is 4.45. The fourth-order valence-corrected chi connectivity index (χ4v) is 0.890. The lowest BCUT2D eigenvalue weighted by Crippen LogP contribution is -2.36. The maximum Gasteiger partial charge on any atom is 0.303 e. The molecule has 0 radical (unpaired) electrons. The topological polar surface area (TPSA) is 76.4 Å². The van der Waals surface area contributed by atoms with E-state index in [4.69, 9.17) is 14.7 Å². The van der Waals surface area contributed by atoms with Crippen LogP contribution in [0.4, 0.5) is 0 Å². The van der Waals surface area contributed by atoms with Crippen LogP contribution in [0.2, 0.25) is 0 Å². The largest absolute Gasteiger partial charge is 0.465 e. The van der Waals surface area contributed by atoms with Crippen molar-refractivity contribution in [1.82, 2.24) is 0 Å². The maximum atomic E-state index is 10.7. The zero-order valence-electron chi connectivity index (χ0n) is 9.36. The third kappa shape index (κ3) is 5.01. The minimum atomic E-state index is -0.922. The molecule has 0 aromatic rings. The molecular weight excluding hydrogens is 198 g/mol. The molecule has 0 N–H and O–H groups in total. The highest BCUT2D eigenvalue weighted by Gasteiger charge is 2.33. The predicted octanol–water partition coefficient (Wildman–Crippen LogP) is 1.03. The van der Waals surface area contributed by atoms with E-state index in [1.54, 1.807) is 13.8 Å². The summed E-state index contributed by atoms with van der Waals surface area (Å²) >= 11 is 0. The van der Waals surface area contributed by atoms with Gasteiger partial charge in [-0.3, -0.25) is 9.59 Å². The van der Waals surface area contributed by atoms with E-state index < -0.39 is 23.5 Å². The number of nitriles is 1. The molecule has 0 spiro atoms. The molecule has 0 rings (SSSR count). The molecule has 0 saturated heterocycles. The molecule has 0 aliphatic carbocycles. The van der Waals surface area contributed by atoms with Crippen LogP contribution in [0.15, 0.2) is 0 Å². The highest BCUT2D eigenvalue weighted by molar-refractivity contribution is 5.67. The average Bonchev–Trinajstić information content (AvgIpc) is 2.10. The van der Waals surface area contributed by atoms with Crippen LogP contribution in [0.3, 0.4) is 0 Å². The first-order chi connectivity index (χ1) is 6.79. The SMILES string of the molecule is CC(=O)OCC(C)(C)C(C#N)OC(C)=O. The molecule has 5 nitrogen and oxygen atoms in total. The Morgan fingerprint density at radius 2 is 1.87 bits per heavy atom. The Kier molecular flexibility index (Phi) is 4.79. The third-order valence-corrected chi connectivity index (χ3v) is 1.76. The van der Waals surface area contributed by atoms with Crippen LogP contribution in [0.25, 0.3) is 0 Å². The van der Waals surface area contributed by atoms with Crippen LogP contribution < -0.4 is 0 Å². The summed E-state index contributed by atoms with van der Waals surface area (Å²) in [6.07, 6.45) is -0.922. The summed E-state index contributed by atoms with van der Waals surface area (Å²) in [5.74, 6) is -0.958. The number of hydrogen-bond acceptors (Lipinski definition) is 5. The second-order valence-corrected chi connectivity index (χ2v) is 3.89. The van der Waals surface area contributed by atoms with Gasteiger partial charge in [-0.25, -0.2) is 0 Å². The molecule has 0 aliphatic rings. The van der Waals surface area contributed by atoms with Gasteiger partial charge in [-0.2, -0.15) is 5.26 Å². The van der Waals surface area contributed by atoms with Gasteiger partial charge in [0.1, 0.15) is 12.7 Å². The lowest BCUT2D eigenvalue weighted by Gasteiger charge is -2.27. The summed E-state index contributed by atoms with van der Waals surface area (Å²) in [5, 5.41) is 8.81. The van der Waals surface area contributed by atoms with Gasteiger partial charge in [-0.1, -0.05) is 13.8 Å². The van der Waals surface area contributed by atoms with Crippen LogP contribution in [0.1, 0.15) is 27.7 Å². The molecule has 0 heterocycles. The minimum Gasteiger partial charge on any atom is -0.465 e. The monoisotopic (exact) mass is 213 g/mol. The average molecular weight is 213 g/mol. The molecule has 0 fully saturated rings. The molecule has 5 heteroatoms. The van der Waals surface area contributed by atoms with Gasteiger partial charge in [0.05, 0.1) is 0 Å². The molecule has 0 aromatic heterocycles. The number of carbonyl (C=O) groups is 2. The summed E-state index contributed by atoms with van der Waals surface area (Å²) in [6, 6.07) is 1.86. The fourth-order valence-electron chi connectivity index (χ4n) is 0.890. The van der Waals surface area contributed by atoms with E-state index in [0.29, 0.717) is 0 Å². The third-order valence-electron chi connectivity index (χ3n) is 1.76. The van der Waals surface area contributed by atoms with Gasteiger partial charge >= 0.3 is 11.9 Å². The highest BCUT2D eigenvalue weighted by atomic mass is 16.6. The fraction of sp³-hybridized carbons (Fsp3) is 0.700. The van der Waals surface area contributed by atoms with Crippen molar-refractivity contribution in [3.63, 3.8) is 0 Å². The van der Waals surface area contributed by atoms with Crippen LogP contribution in [-0.4, -0.2) is 24.6 Å². The summed E-state index contributed by atoms with van der Waals surface area (Å²) in [5.41, 5.74) is -0.716. The number of nitrogens with zero attached hydrogens (tertiary/aromatic N) is 1. The Hall–Kier alpha value is -1.57. The van der Waals surface area contributed by atoms with Gasteiger partial charge in [0.2, 0.25) is 0 Å². The number of carbonyl (C=O) groups excluding carboxylic acids is 2. The van der Waals surface area contributed by atoms with Crippen molar-refractivity contribution >= 4 is 11.9 Å². The number of ether oxygens (including phenoxy) is 2. The molecule has 0 aliphatic heterocycles. The van der Waals surface area contributed by atoms with Gasteiger partial charge in [0, 0.05) is 19.3 Å². The Morgan fingerprint density at radius 3 is 2.20 bits per heavy atom. The van der Waals surface area contributed by atoms with E-state index >= 15 is 0 Å². The van der Waals surface area contributed by atoms with Gasteiger partial charge < -0.3 is 9.47 Å². The number of esters is 2. The molecule has 1 atom stereocenters. The molecule has 0 bridgehead atoms. The van der Waals surface area contributed by atoms with Crippen molar-refractivity contribution < 1.29 is 19.1 Å². The smallest absolute Gasteiger partial charge is 0.303 e. The van der Waals surface area contributed by atoms with Crippen molar-refractivity contribution in [2.45, 2.75) is 33.8 Å². The molecule has 0 amide bonds. The molecule has 1 unspecified atom stereocenters. The van der Waals surface area contributed by atoms with E-state index in [1.165, 1.54) is 13.8 Å². The van der Waals surface area contributed by atoms with Crippen molar-refractivity contribution in [2.75, 3.05) is 6.61 Å². The highest BCUT2D eigenvalue weighted by Crippen LogP contribution is 2.23. The van der Waals surface area contributed by atoms with Crippen LogP contribution in [-0.2, 0) is 19.1 Å². The van der Waals surface area contributed by atoms with E-state index in [-0.39, 0.29) is 6.61 Å².